The average Bonchev–Trinajstić information content (AvgIpc) is 2.22. The summed E-state index contributed by atoms with van der Waals surface area (Å²) in [7, 11) is 0. The number of nitrogens with two attached hydrogens (primary N) is 2. The van der Waals surface area contributed by atoms with E-state index in [2.05, 4.69) is 13.2 Å². The van der Waals surface area contributed by atoms with Gasteiger partial charge in [0.2, 0.25) is 11.8 Å². The summed E-state index contributed by atoms with van der Waals surface area (Å²) in [4.78, 5) is 21.6. The van der Waals surface area contributed by atoms with Crippen LogP contribution in [0.1, 0.15) is 32.6 Å². The van der Waals surface area contributed by atoms with Crippen LogP contribution in [0, 0.1) is 5.92 Å². The average molecular weight is 224 g/mol. The second-order valence-electron chi connectivity index (χ2n) is 3.95. The predicted octanol–water partition coefficient (Wildman–Crippen LogP) is 1.27. The largest absolute Gasteiger partial charge is 0.366 e. The van der Waals surface area contributed by atoms with Crippen LogP contribution in [-0.2, 0) is 9.59 Å². The molecule has 0 aliphatic carbocycles. The number of hydrogen-bond acceptors (Lipinski definition) is 2. The summed E-state index contributed by atoms with van der Waals surface area (Å²) in [5.41, 5.74) is 11.0. The van der Waals surface area contributed by atoms with Gasteiger partial charge in [-0.3, -0.25) is 9.59 Å². The predicted molar refractivity (Wildman–Crippen MR) is 64.3 cm³/mol. The first-order valence-electron chi connectivity index (χ1n) is 5.33. The molecule has 2 amide bonds. The lowest BCUT2D eigenvalue weighted by Gasteiger charge is -2.14. The molecule has 0 fully saturated rings. The maximum absolute atomic E-state index is 10.8. The van der Waals surface area contributed by atoms with Gasteiger partial charge < -0.3 is 11.5 Å². The van der Waals surface area contributed by atoms with E-state index in [1.165, 1.54) is 0 Å². The number of carbonyl (C=O) groups excluding carboxylic acids is 2. The lowest BCUT2D eigenvalue weighted by atomic mass is 9.91. The topological polar surface area (TPSA) is 86.2 Å². The quantitative estimate of drug-likeness (QED) is 0.608. The van der Waals surface area contributed by atoms with E-state index in [0.29, 0.717) is 24.0 Å². The van der Waals surface area contributed by atoms with Gasteiger partial charge in [0, 0.05) is 11.1 Å². The van der Waals surface area contributed by atoms with Gasteiger partial charge in [0.1, 0.15) is 0 Å². The minimum absolute atomic E-state index is 0.288. The molecule has 16 heavy (non-hydrogen) atoms. The highest BCUT2D eigenvalue weighted by Crippen LogP contribution is 2.21. The molecule has 4 N–H and O–H groups in total. The Hall–Kier alpha value is -1.58. The monoisotopic (exact) mass is 224 g/mol. The fourth-order valence-electron chi connectivity index (χ4n) is 1.40. The Labute approximate surface area is 96.4 Å². The molecule has 1 atom stereocenters. The van der Waals surface area contributed by atoms with E-state index >= 15 is 0 Å². The number of amides is 2. The Bertz CT molecular complexity index is 308. The van der Waals surface area contributed by atoms with E-state index in [1.807, 2.05) is 6.92 Å². The molecule has 90 valence electrons. The summed E-state index contributed by atoms with van der Waals surface area (Å²) >= 11 is 0. The zero-order valence-corrected chi connectivity index (χ0v) is 9.79. The Morgan fingerprint density at radius 2 is 1.62 bits per heavy atom. The Morgan fingerprint density at radius 1 is 1.12 bits per heavy atom. The van der Waals surface area contributed by atoms with Gasteiger partial charge in [-0.15, -0.1) is 0 Å². The third-order valence-electron chi connectivity index (χ3n) is 2.66. The van der Waals surface area contributed by atoms with Crippen molar-refractivity contribution in [2.45, 2.75) is 32.6 Å². The van der Waals surface area contributed by atoms with E-state index in [4.69, 9.17) is 11.5 Å². The summed E-state index contributed by atoms with van der Waals surface area (Å²) in [6, 6.07) is 0. The molecule has 0 radical (unpaired) electrons. The van der Waals surface area contributed by atoms with Crippen LogP contribution in [0.4, 0.5) is 0 Å². The van der Waals surface area contributed by atoms with Gasteiger partial charge in [0.15, 0.2) is 0 Å². The van der Waals surface area contributed by atoms with Crippen LogP contribution in [-0.4, -0.2) is 11.8 Å². The Kier molecular flexibility index (Phi) is 6.15. The zero-order chi connectivity index (χ0) is 12.7. The molecule has 1 unspecified atom stereocenters. The van der Waals surface area contributed by atoms with Gasteiger partial charge in [-0.25, -0.2) is 0 Å². The normalized spacial score (nSPS) is 11.8. The number of hydrogen-bond donors (Lipinski definition) is 2. The van der Waals surface area contributed by atoms with Crippen molar-refractivity contribution in [3.05, 3.63) is 24.3 Å². The lowest BCUT2D eigenvalue weighted by molar-refractivity contribution is -0.115. The second kappa shape index (κ2) is 6.82. The minimum Gasteiger partial charge on any atom is -0.366 e. The molecule has 0 saturated carbocycles. The molecule has 0 rings (SSSR count). The fraction of sp³-hybridized carbons (Fsp3) is 0.500. The van der Waals surface area contributed by atoms with Crippen molar-refractivity contribution in [3.8, 4) is 0 Å². The fourth-order valence-corrected chi connectivity index (χ4v) is 1.40. The molecule has 0 aromatic rings. The van der Waals surface area contributed by atoms with Crippen LogP contribution in [0.15, 0.2) is 24.3 Å². The highest BCUT2D eigenvalue weighted by molar-refractivity contribution is 5.91. The van der Waals surface area contributed by atoms with Crippen molar-refractivity contribution in [2.75, 3.05) is 0 Å². The highest BCUT2D eigenvalue weighted by Gasteiger charge is 2.13. The summed E-state index contributed by atoms with van der Waals surface area (Å²) in [6.07, 6.45) is 2.79. The van der Waals surface area contributed by atoms with Crippen LogP contribution in [0.3, 0.4) is 0 Å². The third kappa shape index (κ3) is 5.34. The van der Waals surface area contributed by atoms with Crippen molar-refractivity contribution in [1.82, 2.24) is 0 Å². The number of rotatable bonds is 8. The standard InChI is InChI=1S/C12H20N2O2/c1-4-10(7-9(3)12(14)16)6-5-8(2)11(13)15/h10H,2-7H2,1H3,(H2,13,15)(H2,14,16). The van der Waals surface area contributed by atoms with Crippen molar-refractivity contribution in [3.63, 3.8) is 0 Å². The molecule has 0 spiro atoms. The highest BCUT2D eigenvalue weighted by atomic mass is 16.1. The van der Waals surface area contributed by atoms with Crippen LogP contribution in [0.25, 0.3) is 0 Å². The van der Waals surface area contributed by atoms with E-state index in [0.717, 1.165) is 12.8 Å². The zero-order valence-electron chi connectivity index (χ0n) is 9.79. The Morgan fingerprint density at radius 3 is 2.00 bits per heavy atom. The summed E-state index contributed by atoms with van der Waals surface area (Å²) in [6.45, 7) is 9.22. The summed E-state index contributed by atoms with van der Waals surface area (Å²) < 4.78 is 0. The molecule has 0 aliphatic rings. The second-order valence-corrected chi connectivity index (χ2v) is 3.95. The molecule has 0 heterocycles. The van der Waals surface area contributed by atoms with Crippen molar-refractivity contribution >= 4 is 11.8 Å². The first-order chi connectivity index (χ1) is 7.38. The van der Waals surface area contributed by atoms with Crippen LogP contribution >= 0.6 is 0 Å². The molecule has 0 aromatic carbocycles. The first-order valence-corrected chi connectivity index (χ1v) is 5.33. The number of primary amides is 2. The summed E-state index contributed by atoms with van der Waals surface area (Å²) in [5.74, 6) is -0.646. The SMILES string of the molecule is C=C(CCC(CC)CC(=C)C(N)=O)C(N)=O. The van der Waals surface area contributed by atoms with Crippen molar-refractivity contribution in [1.29, 1.82) is 0 Å². The molecular formula is C12H20N2O2. The molecule has 0 saturated heterocycles. The summed E-state index contributed by atoms with van der Waals surface area (Å²) in [5, 5.41) is 0. The van der Waals surface area contributed by atoms with Crippen LogP contribution in [0.2, 0.25) is 0 Å². The molecular weight excluding hydrogens is 204 g/mol. The van der Waals surface area contributed by atoms with Gasteiger partial charge in [-0.1, -0.05) is 26.5 Å². The van der Waals surface area contributed by atoms with E-state index < -0.39 is 11.8 Å². The number of carbonyl (C=O) groups is 2. The Balaban J connectivity index is 4.11. The van der Waals surface area contributed by atoms with E-state index in [-0.39, 0.29) is 5.92 Å². The molecule has 0 aromatic heterocycles. The first kappa shape index (κ1) is 14.4. The van der Waals surface area contributed by atoms with Gasteiger partial charge in [0.25, 0.3) is 0 Å². The van der Waals surface area contributed by atoms with E-state index in [9.17, 15) is 9.59 Å². The molecule has 4 nitrogen and oxygen atoms in total. The maximum Gasteiger partial charge on any atom is 0.244 e. The van der Waals surface area contributed by atoms with Crippen LogP contribution < -0.4 is 11.5 Å². The van der Waals surface area contributed by atoms with Gasteiger partial charge in [-0.05, 0) is 25.2 Å². The van der Waals surface area contributed by atoms with Crippen molar-refractivity contribution < 1.29 is 9.59 Å². The van der Waals surface area contributed by atoms with Gasteiger partial charge in [-0.2, -0.15) is 0 Å². The third-order valence-corrected chi connectivity index (χ3v) is 2.66. The lowest BCUT2D eigenvalue weighted by Crippen LogP contribution is -2.17. The molecule has 4 heteroatoms. The molecule has 0 aliphatic heterocycles. The minimum atomic E-state index is -0.469. The van der Waals surface area contributed by atoms with Crippen LogP contribution in [0.5, 0.6) is 0 Å². The smallest absolute Gasteiger partial charge is 0.244 e. The maximum atomic E-state index is 10.8. The van der Waals surface area contributed by atoms with Gasteiger partial charge >= 0.3 is 0 Å². The van der Waals surface area contributed by atoms with Gasteiger partial charge in [0.05, 0.1) is 0 Å². The molecule has 0 bridgehead atoms. The van der Waals surface area contributed by atoms with Crippen molar-refractivity contribution in [2.24, 2.45) is 17.4 Å². The van der Waals surface area contributed by atoms with E-state index in [1.54, 1.807) is 0 Å².